The molecule has 0 radical (unpaired) electrons. The minimum absolute atomic E-state index is 0.0459. The summed E-state index contributed by atoms with van der Waals surface area (Å²) in [5.74, 6) is 4.17. The quantitative estimate of drug-likeness (QED) is 0.508. The molecule has 1 aromatic heterocycles. The van der Waals surface area contributed by atoms with Crippen LogP contribution in [0.4, 0.5) is 4.39 Å². The lowest BCUT2D eigenvalue weighted by atomic mass is 10.3. The van der Waals surface area contributed by atoms with Crippen molar-refractivity contribution in [2.75, 3.05) is 0 Å². The first-order chi connectivity index (χ1) is 9.60. The third kappa shape index (κ3) is 3.52. The highest BCUT2D eigenvalue weighted by Gasteiger charge is 2.08. The fourth-order valence-corrected chi connectivity index (χ4v) is 1.84. The zero-order chi connectivity index (χ0) is 14.5. The van der Waals surface area contributed by atoms with Crippen molar-refractivity contribution in [3.05, 3.63) is 58.1 Å². The minimum atomic E-state index is -0.498. The Kier molecular flexibility index (Phi) is 4.65. The van der Waals surface area contributed by atoms with Crippen molar-refractivity contribution in [3.8, 4) is 5.75 Å². The van der Waals surface area contributed by atoms with Crippen molar-refractivity contribution < 1.29 is 13.9 Å². The van der Waals surface area contributed by atoms with Crippen LogP contribution in [0.2, 0.25) is 0 Å². The van der Waals surface area contributed by atoms with E-state index in [-0.39, 0.29) is 18.1 Å². The number of pyridine rings is 1. The molecule has 0 spiro atoms. The van der Waals surface area contributed by atoms with Crippen molar-refractivity contribution in [1.29, 1.82) is 0 Å². The number of hydrazine groups is 1. The minimum Gasteiger partial charge on any atom is -0.484 e. The Hall–Kier alpha value is -1.99. The van der Waals surface area contributed by atoms with Crippen molar-refractivity contribution in [2.45, 2.75) is 6.61 Å². The van der Waals surface area contributed by atoms with Crippen LogP contribution < -0.4 is 16.0 Å². The second-order valence-electron chi connectivity index (χ2n) is 3.85. The molecule has 5 nitrogen and oxygen atoms in total. The number of hydrogen-bond acceptors (Lipinski definition) is 4. The first-order valence-electron chi connectivity index (χ1n) is 5.65. The monoisotopic (exact) mass is 339 g/mol. The highest BCUT2D eigenvalue weighted by Crippen LogP contribution is 2.22. The molecule has 0 aliphatic heterocycles. The lowest BCUT2D eigenvalue weighted by molar-refractivity contribution is 0.0948. The van der Waals surface area contributed by atoms with Gasteiger partial charge in [0.25, 0.3) is 5.91 Å². The van der Waals surface area contributed by atoms with E-state index in [4.69, 9.17) is 10.6 Å². The number of carbonyl (C=O) groups excluding carboxylic acids is 1. The maximum absolute atomic E-state index is 13.6. The predicted octanol–water partition coefficient (Wildman–Crippen LogP) is 2.17. The average molecular weight is 340 g/mol. The molecule has 0 bridgehead atoms. The molecule has 0 fully saturated rings. The number of benzene rings is 1. The van der Waals surface area contributed by atoms with Crippen LogP contribution >= 0.6 is 15.9 Å². The largest absolute Gasteiger partial charge is 0.484 e. The van der Waals surface area contributed by atoms with Crippen LogP contribution in [0, 0.1) is 5.82 Å². The molecule has 0 saturated carbocycles. The summed E-state index contributed by atoms with van der Waals surface area (Å²) < 4.78 is 19.5. The first kappa shape index (κ1) is 14.4. The maximum Gasteiger partial charge on any atom is 0.283 e. The summed E-state index contributed by atoms with van der Waals surface area (Å²) in [5, 5.41) is 0. The van der Waals surface area contributed by atoms with Gasteiger partial charge >= 0.3 is 0 Å². The summed E-state index contributed by atoms with van der Waals surface area (Å²) in [5.41, 5.74) is 2.66. The number of ether oxygens (including phenoxy) is 1. The Labute approximate surface area is 123 Å². The van der Waals surface area contributed by atoms with E-state index in [9.17, 15) is 9.18 Å². The van der Waals surface area contributed by atoms with E-state index >= 15 is 0 Å². The molecule has 1 aromatic carbocycles. The van der Waals surface area contributed by atoms with Crippen molar-refractivity contribution in [1.82, 2.24) is 10.4 Å². The molecular weight excluding hydrogens is 329 g/mol. The summed E-state index contributed by atoms with van der Waals surface area (Å²) in [6.07, 6.45) is 0. The van der Waals surface area contributed by atoms with Gasteiger partial charge in [-0.2, -0.15) is 0 Å². The van der Waals surface area contributed by atoms with E-state index in [1.165, 1.54) is 18.2 Å². The van der Waals surface area contributed by atoms with Gasteiger partial charge in [0.1, 0.15) is 12.3 Å². The van der Waals surface area contributed by atoms with E-state index in [0.29, 0.717) is 10.2 Å². The molecule has 20 heavy (non-hydrogen) atoms. The lowest BCUT2D eigenvalue weighted by Crippen LogP contribution is -2.30. The molecule has 7 heteroatoms. The van der Waals surface area contributed by atoms with Crippen LogP contribution in [0.15, 0.2) is 40.9 Å². The van der Waals surface area contributed by atoms with Gasteiger partial charge in [-0.1, -0.05) is 22.0 Å². The smallest absolute Gasteiger partial charge is 0.283 e. The highest BCUT2D eigenvalue weighted by atomic mass is 79.9. The Balaban J connectivity index is 2.09. The van der Waals surface area contributed by atoms with E-state index in [1.54, 1.807) is 18.2 Å². The van der Waals surface area contributed by atoms with Gasteiger partial charge in [0, 0.05) is 4.47 Å². The molecule has 3 N–H and O–H groups in total. The standard InChI is InChI=1S/C13H11BrFN3O2/c14-8-4-5-12(10(15)6-8)20-7-9-2-1-3-11(17-9)13(19)18-16/h1-6H,7,16H2,(H,18,19). The average Bonchev–Trinajstić information content (AvgIpc) is 2.46. The topological polar surface area (TPSA) is 77.2 Å². The highest BCUT2D eigenvalue weighted by molar-refractivity contribution is 9.10. The molecule has 0 atom stereocenters. The molecule has 1 heterocycles. The number of nitrogens with two attached hydrogens (primary N) is 1. The number of nitrogens with zero attached hydrogens (tertiary/aromatic N) is 1. The zero-order valence-electron chi connectivity index (χ0n) is 10.3. The summed E-state index contributed by atoms with van der Waals surface area (Å²) in [6, 6.07) is 9.32. The molecule has 2 aromatic rings. The van der Waals surface area contributed by atoms with Gasteiger partial charge in [0.05, 0.1) is 5.69 Å². The van der Waals surface area contributed by atoms with Gasteiger partial charge in [-0.15, -0.1) is 0 Å². The number of nitrogen functional groups attached to an aromatic ring is 1. The van der Waals surface area contributed by atoms with Gasteiger partial charge in [-0.3, -0.25) is 10.2 Å². The number of halogens is 2. The van der Waals surface area contributed by atoms with Crippen LogP contribution in [-0.4, -0.2) is 10.9 Å². The summed E-state index contributed by atoms with van der Waals surface area (Å²) in [7, 11) is 0. The number of carbonyl (C=O) groups is 1. The zero-order valence-corrected chi connectivity index (χ0v) is 11.9. The van der Waals surface area contributed by atoms with E-state index < -0.39 is 11.7 Å². The van der Waals surface area contributed by atoms with Crippen LogP contribution in [0.25, 0.3) is 0 Å². The van der Waals surface area contributed by atoms with E-state index in [0.717, 1.165) is 0 Å². The van der Waals surface area contributed by atoms with E-state index in [1.807, 2.05) is 5.43 Å². The second-order valence-corrected chi connectivity index (χ2v) is 4.77. The summed E-state index contributed by atoms with van der Waals surface area (Å²) in [6.45, 7) is 0.0459. The van der Waals surface area contributed by atoms with Crippen LogP contribution in [0.5, 0.6) is 5.75 Å². The third-order valence-electron chi connectivity index (χ3n) is 2.44. The summed E-state index contributed by atoms with van der Waals surface area (Å²) in [4.78, 5) is 15.4. The SMILES string of the molecule is NNC(=O)c1cccc(COc2ccc(Br)cc2F)n1. The predicted molar refractivity (Wildman–Crippen MR) is 74.3 cm³/mol. The van der Waals surface area contributed by atoms with Crippen molar-refractivity contribution in [3.63, 3.8) is 0 Å². The number of hydrogen-bond donors (Lipinski definition) is 2. The molecule has 1 amide bonds. The fourth-order valence-electron chi connectivity index (χ4n) is 1.50. The van der Waals surface area contributed by atoms with Gasteiger partial charge in [0.15, 0.2) is 11.6 Å². The van der Waals surface area contributed by atoms with Crippen LogP contribution in [0.1, 0.15) is 16.2 Å². The molecule has 0 saturated heterocycles. The molecule has 0 aliphatic carbocycles. The molecule has 0 aliphatic rings. The normalized spacial score (nSPS) is 10.2. The second kappa shape index (κ2) is 6.44. The van der Waals surface area contributed by atoms with Gasteiger partial charge in [-0.05, 0) is 30.3 Å². The number of rotatable bonds is 4. The molecular formula is C13H11BrFN3O2. The van der Waals surface area contributed by atoms with Gasteiger partial charge in [0.2, 0.25) is 0 Å². The third-order valence-corrected chi connectivity index (χ3v) is 2.93. The van der Waals surface area contributed by atoms with Crippen LogP contribution in [-0.2, 0) is 6.61 Å². The number of nitrogens with one attached hydrogen (secondary N) is 1. The lowest BCUT2D eigenvalue weighted by Gasteiger charge is -2.08. The molecule has 104 valence electrons. The molecule has 0 unspecified atom stereocenters. The first-order valence-corrected chi connectivity index (χ1v) is 6.44. The number of aromatic nitrogens is 1. The van der Waals surface area contributed by atoms with Crippen molar-refractivity contribution in [2.24, 2.45) is 5.84 Å². The Bertz CT molecular complexity index is 637. The van der Waals surface area contributed by atoms with Crippen molar-refractivity contribution >= 4 is 21.8 Å². The fraction of sp³-hybridized carbons (Fsp3) is 0.0769. The van der Waals surface area contributed by atoms with Crippen LogP contribution in [0.3, 0.4) is 0 Å². The Morgan fingerprint density at radius 3 is 2.90 bits per heavy atom. The van der Waals surface area contributed by atoms with E-state index in [2.05, 4.69) is 20.9 Å². The Morgan fingerprint density at radius 2 is 2.20 bits per heavy atom. The summed E-state index contributed by atoms with van der Waals surface area (Å²) >= 11 is 3.16. The Morgan fingerprint density at radius 1 is 1.40 bits per heavy atom. The molecule has 2 rings (SSSR count). The number of amides is 1. The van der Waals surface area contributed by atoms with Gasteiger partial charge in [-0.25, -0.2) is 15.2 Å². The maximum atomic E-state index is 13.6. The van der Waals surface area contributed by atoms with Gasteiger partial charge < -0.3 is 4.74 Å².